The predicted molar refractivity (Wildman–Crippen MR) is 65.6 cm³/mol. The molecular weight excluding hydrogens is 235 g/mol. The largest absolute Gasteiger partial charge is 0.325 e. The van der Waals surface area contributed by atoms with Gasteiger partial charge in [0.25, 0.3) is 0 Å². The summed E-state index contributed by atoms with van der Waals surface area (Å²) in [6.45, 7) is 0. The van der Waals surface area contributed by atoms with Gasteiger partial charge in [-0.25, -0.2) is 8.78 Å². The fourth-order valence-electron chi connectivity index (χ4n) is 2.99. The molecule has 0 saturated heterocycles. The van der Waals surface area contributed by atoms with Gasteiger partial charge in [-0.05, 0) is 24.5 Å². The van der Waals surface area contributed by atoms with Crippen molar-refractivity contribution in [2.75, 3.05) is 5.32 Å². The van der Waals surface area contributed by atoms with Crippen molar-refractivity contribution in [2.24, 2.45) is 0 Å². The Morgan fingerprint density at radius 2 is 1.83 bits per heavy atom. The normalized spacial score (nSPS) is 23.8. The topological polar surface area (TPSA) is 29.1 Å². The maximum atomic E-state index is 13.3. The number of anilines is 1. The summed E-state index contributed by atoms with van der Waals surface area (Å²) in [6, 6.07) is 5.19. The third-order valence-corrected chi connectivity index (χ3v) is 4.08. The zero-order chi connectivity index (χ0) is 13.0. The van der Waals surface area contributed by atoms with Gasteiger partial charge in [0.05, 0.1) is 5.41 Å². The van der Waals surface area contributed by atoms with Crippen molar-refractivity contribution in [3.05, 3.63) is 23.8 Å². The summed E-state index contributed by atoms with van der Waals surface area (Å²) in [5.74, 6) is -2.80. The second-order valence-corrected chi connectivity index (χ2v) is 5.20. The third-order valence-electron chi connectivity index (χ3n) is 4.08. The number of carbonyl (C=O) groups excluding carboxylic acids is 1. The molecule has 92 valence electrons. The molecule has 0 aromatic heterocycles. The van der Waals surface area contributed by atoms with Crippen molar-refractivity contribution in [1.29, 1.82) is 0 Å². The summed E-state index contributed by atoms with van der Waals surface area (Å²) in [5, 5.41) is 2.76. The van der Waals surface area contributed by atoms with E-state index in [1.54, 1.807) is 18.2 Å². The zero-order valence-corrected chi connectivity index (χ0v) is 9.80. The molecule has 18 heavy (non-hydrogen) atoms. The quantitative estimate of drug-likeness (QED) is 0.697. The van der Waals surface area contributed by atoms with Gasteiger partial charge in [-0.3, -0.25) is 4.79 Å². The van der Waals surface area contributed by atoms with Crippen molar-refractivity contribution in [2.45, 2.75) is 37.0 Å². The maximum absolute atomic E-state index is 13.3. The van der Waals surface area contributed by atoms with E-state index in [2.05, 4.69) is 5.32 Å². The summed E-state index contributed by atoms with van der Waals surface area (Å²) in [6.07, 6.45) is -0.0695. The number of nitrogens with one attached hydrogen (secondary N) is 1. The minimum atomic E-state index is -2.64. The minimum Gasteiger partial charge on any atom is -0.325 e. The van der Waals surface area contributed by atoms with Crippen molar-refractivity contribution in [1.82, 2.24) is 0 Å². The summed E-state index contributed by atoms with van der Waals surface area (Å²) >= 11 is 0. The lowest BCUT2D eigenvalue weighted by Gasteiger charge is -2.35. The summed E-state index contributed by atoms with van der Waals surface area (Å²) in [4.78, 5) is 12.1. The lowest BCUT2D eigenvalue weighted by molar-refractivity contribution is -0.125. The van der Waals surface area contributed by atoms with Crippen molar-refractivity contribution >= 4 is 24.9 Å². The fourth-order valence-corrected chi connectivity index (χ4v) is 2.99. The van der Waals surface area contributed by atoms with Crippen LogP contribution in [-0.2, 0) is 10.2 Å². The van der Waals surface area contributed by atoms with Crippen LogP contribution in [0.25, 0.3) is 0 Å². The van der Waals surface area contributed by atoms with E-state index in [1.807, 2.05) is 0 Å². The predicted octanol–water partition coefficient (Wildman–Crippen LogP) is 1.88. The second-order valence-electron chi connectivity index (χ2n) is 5.20. The average molecular weight is 247 g/mol. The van der Waals surface area contributed by atoms with E-state index in [9.17, 15) is 13.6 Å². The van der Waals surface area contributed by atoms with Gasteiger partial charge in [-0.1, -0.05) is 17.6 Å². The minimum absolute atomic E-state index is 0.168. The van der Waals surface area contributed by atoms with Crippen LogP contribution in [0.1, 0.15) is 31.2 Å². The highest BCUT2D eigenvalue weighted by atomic mass is 19.3. The highest BCUT2D eigenvalue weighted by Crippen LogP contribution is 2.50. The molecule has 1 aliphatic heterocycles. The van der Waals surface area contributed by atoms with E-state index in [1.165, 1.54) is 0 Å². The zero-order valence-electron chi connectivity index (χ0n) is 9.80. The van der Waals surface area contributed by atoms with Gasteiger partial charge in [0.15, 0.2) is 0 Å². The molecule has 1 aromatic carbocycles. The Morgan fingerprint density at radius 1 is 1.17 bits per heavy atom. The molecule has 0 atom stereocenters. The smallest absolute Gasteiger partial charge is 0.248 e. The van der Waals surface area contributed by atoms with Crippen LogP contribution in [0.5, 0.6) is 0 Å². The molecule has 2 radical (unpaired) electrons. The van der Waals surface area contributed by atoms with Crippen LogP contribution in [-0.4, -0.2) is 19.7 Å². The number of alkyl halides is 2. The molecule has 1 N–H and O–H groups in total. The molecule has 0 bridgehead atoms. The number of rotatable bonds is 0. The van der Waals surface area contributed by atoms with Crippen molar-refractivity contribution in [3.8, 4) is 0 Å². The first kappa shape index (κ1) is 11.7. The summed E-state index contributed by atoms with van der Waals surface area (Å²) < 4.78 is 26.5. The second kappa shape index (κ2) is 3.56. The van der Waals surface area contributed by atoms with Gasteiger partial charge >= 0.3 is 0 Å². The standard InChI is InChI=1S/C13H12BF2NO/c14-8-1-2-9-10(7-8)17-11(18)12(9)3-5-13(15,16)6-4-12/h1-2,7H,3-6H2,(H,17,18). The molecule has 1 aliphatic carbocycles. The van der Waals surface area contributed by atoms with Crippen LogP contribution < -0.4 is 10.8 Å². The molecule has 0 unspecified atom stereocenters. The first-order valence-corrected chi connectivity index (χ1v) is 6.02. The van der Waals surface area contributed by atoms with Gasteiger partial charge < -0.3 is 5.32 Å². The van der Waals surface area contributed by atoms with Crippen LogP contribution in [0.4, 0.5) is 14.5 Å². The Kier molecular flexibility index (Phi) is 2.31. The van der Waals surface area contributed by atoms with E-state index >= 15 is 0 Å². The molecule has 1 heterocycles. The van der Waals surface area contributed by atoms with E-state index < -0.39 is 11.3 Å². The Morgan fingerprint density at radius 3 is 2.50 bits per heavy atom. The number of carbonyl (C=O) groups is 1. The van der Waals surface area contributed by atoms with E-state index in [4.69, 9.17) is 7.85 Å². The van der Waals surface area contributed by atoms with Crippen LogP contribution in [0.3, 0.4) is 0 Å². The molecule has 1 aromatic rings. The number of hydrogen-bond acceptors (Lipinski definition) is 1. The number of amides is 1. The highest BCUT2D eigenvalue weighted by molar-refractivity contribution is 6.33. The van der Waals surface area contributed by atoms with Crippen molar-refractivity contribution in [3.63, 3.8) is 0 Å². The van der Waals surface area contributed by atoms with Crippen LogP contribution in [0, 0.1) is 0 Å². The Bertz CT molecular complexity index is 520. The molecule has 1 fully saturated rings. The van der Waals surface area contributed by atoms with Gasteiger partial charge in [0.2, 0.25) is 11.8 Å². The average Bonchev–Trinajstić information content (AvgIpc) is 2.55. The molecule has 1 spiro atoms. The van der Waals surface area contributed by atoms with E-state index in [0.717, 1.165) is 5.56 Å². The SMILES string of the molecule is [B]c1ccc2c(c1)NC(=O)C21CCC(F)(F)CC1. The summed E-state index contributed by atoms with van der Waals surface area (Å²) in [5.41, 5.74) is 1.28. The number of fused-ring (bicyclic) bond motifs is 2. The molecule has 5 heteroatoms. The molecule has 2 nitrogen and oxygen atoms in total. The molecule has 1 amide bonds. The summed E-state index contributed by atoms with van der Waals surface area (Å²) in [7, 11) is 5.67. The number of benzene rings is 1. The van der Waals surface area contributed by atoms with Crippen LogP contribution >= 0.6 is 0 Å². The lowest BCUT2D eigenvalue weighted by Crippen LogP contribution is -2.41. The monoisotopic (exact) mass is 247 g/mol. The van der Waals surface area contributed by atoms with Gasteiger partial charge in [0.1, 0.15) is 7.85 Å². The first-order valence-electron chi connectivity index (χ1n) is 6.02. The van der Waals surface area contributed by atoms with Crippen molar-refractivity contribution < 1.29 is 13.6 Å². The molecule has 2 aliphatic rings. The van der Waals surface area contributed by atoms with Gasteiger partial charge in [0, 0.05) is 18.5 Å². The molecular formula is C13H12BF2NO. The Hall–Kier alpha value is -1.39. The Labute approximate surface area is 105 Å². The van der Waals surface area contributed by atoms with Crippen LogP contribution in [0.15, 0.2) is 18.2 Å². The molecule has 1 saturated carbocycles. The third kappa shape index (κ3) is 1.56. The van der Waals surface area contributed by atoms with Gasteiger partial charge in [-0.15, -0.1) is 0 Å². The highest BCUT2D eigenvalue weighted by Gasteiger charge is 2.52. The van der Waals surface area contributed by atoms with E-state index in [-0.39, 0.29) is 31.6 Å². The number of halogens is 2. The van der Waals surface area contributed by atoms with Crippen LogP contribution in [0.2, 0.25) is 0 Å². The molecule has 3 rings (SSSR count). The van der Waals surface area contributed by atoms with E-state index in [0.29, 0.717) is 11.2 Å². The first-order chi connectivity index (χ1) is 8.43. The maximum Gasteiger partial charge on any atom is 0.248 e. The number of hydrogen-bond donors (Lipinski definition) is 1. The lowest BCUT2D eigenvalue weighted by atomic mass is 9.69. The fraction of sp³-hybridized carbons (Fsp3) is 0.462. The van der Waals surface area contributed by atoms with Gasteiger partial charge in [-0.2, -0.15) is 0 Å². The Balaban J connectivity index is 2.02.